The number of anilines is 1. The lowest BCUT2D eigenvalue weighted by molar-refractivity contribution is -0.134. The number of likely N-dealkylation sites (tertiary alicyclic amines) is 1. The number of rotatable bonds is 7. The minimum absolute atomic E-state index is 0.0461. The lowest BCUT2D eigenvalue weighted by Gasteiger charge is -2.34. The number of aromatic nitrogens is 2. The molecule has 1 unspecified atom stereocenters. The SMILES string of the molecule is CC(C)COc1cc(N2CC3C[C@H]2CN3C(=O)COc2ccc(F)cc2)ncn1. The van der Waals surface area contributed by atoms with Gasteiger partial charge in [0.1, 0.15) is 23.7 Å². The van der Waals surface area contributed by atoms with Gasteiger partial charge in [-0.2, -0.15) is 0 Å². The maximum absolute atomic E-state index is 13.0. The highest BCUT2D eigenvalue weighted by molar-refractivity contribution is 5.79. The smallest absolute Gasteiger partial charge is 0.260 e. The molecule has 7 nitrogen and oxygen atoms in total. The first-order valence-electron chi connectivity index (χ1n) is 9.89. The molecular formula is C21H25FN4O3. The number of carbonyl (C=O) groups excluding carboxylic acids is 1. The zero-order valence-electron chi connectivity index (χ0n) is 16.6. The van der Waals surface area contributed by atoms with E-state index in [0.29, 0.717) is 30.7 Å². The Morgan fingerprint density at radius 3 is 2.66 bits per heavy atom. The Morgan fingerprint density at radius 2 is 1.97 bits per heavy atom. The van der Waals surface area contributed by atoms with Gasteiger partial charge in [0.2, 0.25) is 5.88 Å². The average Bonchev–Trinajstić information content (AvgIpc) is 3.33. The number of hydrogen-bond acceptors (Lipinski definition) is 6. The van der Waals surface area contributed by atoms with Gasteiger partial charge in [0, 0.05) is 19.2 Å². The number of amides is 1. The molecule has 0 aliphatic carbocycles. The highest BCUT2D eigenvalue weighted by atomic mass is 19.1. The number of nitrogens with zero attached hydrogens (tertiary/aromatic N) is 4. The van der Waals surface area contributed by atoms with E-state index in [2.05, 4.69) is 28.7 Å². The van der Waals surface area contributed by atoms with Gasteiger partial charge in [0.25, 0.3) is 5.91 Å². The highest BCUT2D eigenvalue weighted by Gasteiger charge is 2.45. The lowest BCUT2D eigenvalue weighted by Crippen LogP contribution is -2.50. The molecule has 1 aromatic carbocycles. The molecule has 2 aromatic rings. The molecular weight excluding hydrogens is 375 g/mol. The number of ether oxygens (including phenoxy) is 2. The normalized spacial score (nSPS) is 20.4. The molecule has 8 heteroatoms. The largest absolute Gasteiger partial charge is 0.484 e. The van der Waals surface area contributed by atoms with Crippen LogP contribution in [0.15, 0.2) is 36.7 Å². The monoisotopic (exact) mass is 400 g/mol. The van der Waals surface area contributed by atoms with Crippen molar-refractivity contribution in [3.8, 4) is 11.6 Å². The molecule has 0 radical (unpaired) electrons. The quantitative estimate of drug-likeness (QED) is 0.712. The second-order valence-corrected chi connectivity index (χ2v) is 7.90. The maximum atomic E-state index is 13.0. The first-order valence-corrected chi connectivity index (χ1v) is 9.89. The van der Waals surface area contributed by atoms with Crippen molar-refractivity contribution in [2.75, 3.05) is 31.2 Å². The molecule has 2 saturated heterocycles. The minimum atomic E-state index is -0.330. The summed E-state index contributed by atoms with van der Waals surface area (Å²) >= 11 is 0. The molecule has 1 aromatic heterocycles. The predicted octanol–water partition coefficient (Wildman–Crippen LogP) is 2.52. The third-order valence-corrected chi connectivity index (χ3v) is 5.22. The van der Waals surface area contributed by atoms with Gasteiger partial charge in [0.05, 0.1) is 18.7 Å². The predicted molar refractivity (Wildman–Crippen MR) is 106 cm³/mol. The van der Waals surface area contributed by atoms with Crippen LogP contribution in [0.3, 0.4) is 0 Å². The van der Waals surface area contributed by atoms with E-state index >= 15 is 0 Å². The summed E-state index contributed by atoms with van der Waals surface area (Å²) in [6, 6.07) is 7.91. The Balaban J connectivity index is 1.33. The Labute approximate surface area is 169 Å². The van der Waals surface area contributed by atoms with Gasteiger partial charge in [-0.3, -0.25) is 4.79 Å². The standard InChI is InChI=1S/C21H25FN4O3/c1-14(2)11-29-20-8-19(23-13-24-20)25-9-17-7-16(25)10-26(17)21(27)12-28-18-5-3-15(22)4-6-18/h3-6,8,13-14,16-17H,7,9-12H2,1-2H3/t16-,17?/m0/s1. The summed E-state index contributed by atoms with van der Waals surface area (Å²) < 4.78 is 24.2. The van der Waals surface area contributed by atoms with Crippen molar-refractivity contribution in [1.29, 1.82) is 0 Å². The molecule has 2 aliphatic heterocycles. The summed E-state index contributed by atoms with van der Waals surface area (Å²) in [4.78, 5) is 25.3. The first-order chi connectivity index (χ1) is 14.0. The van der Waals surface area contributed by atoms with Gasteiger partial charge in [0.15, 0.2) is 6.61 Å². The Morgan fingerprint density at radius 1 is 1.17 bits per heavy atom. The molecule has 2 aliphatic rings. The summed E-state index contributed by atoms with van der Waals surface area (Å²) in [5.74, 6) is 1.94. The number of piperazine rings is 1. The van der Waals surface area contributed by atoms with E-state index < -0.39 is 0 Å². The zero-order chi connectivity index (χ0) is 20.4. The van der Waals surface area contributed by atoms with Crippen LogP contribution in [0.1, 0.15) is 20.3 Å². The van der Waals surface area contributed by atoms with Crippen molar-refractivity contribution < 1.29 is 18.7 Å². The summed E-state index contributed by atoms with van der Waals surface area (Å²) in [5, 5.41) is 0. The molecule has 0 N–H and O–H groups in total. The number of hydrogen-bond donors (Lipinski definition) is 0. The molecule has 4 rings (SSSR count). The van der Waals surface area contributed by atoms with Crippen LogP contribution in [-0.4, -0.2) is 59.2 Å². The van der Waals surface area contributed by atoms with Gasteiger partial charge in [-0.25, -0.2) is 14.4 Å². The van der Waals surface area contributed by atoms with E-state index in [1.54, 1.807) is 0 Å². The van der Waals surface area contributed by atoms with Gasteiger partial charge in [-0.15, -0.1) is 0 Å². The van der Waals surface area contributed by atoms with Gasteiger partial charge in [-0.1, -0.05) is 13.8 Å². The van der Waals surface area contributed by atoms with Crippen LogP contribution in [-0.2, 0) is 4.79 Å². The first kappa shape index (κ1) is 19.4. The lowest BCUT2D eigenvalue weighted by atomic mass is 10.2. The molecule has 29 heavy (non-hydrogen) atoms. The molecule has 1 amide bonds. The second kappa shape index (κ2) is 8.23. The molecule has 2 fully saturated rings. The van der Waals surface area contributed by atoms with Crippen LogP contribution >= 0.6 is 0 Å². The van der Waals surface area contributed by atoms with E-state index in [9.17, 15) is 9.18 Å². The minimum Gasteiger partial charge on any atom is -0.484 e. The number of carbonyl (C=O) groups is 1. The third-order valence-electron chi connectivity index (χ3n) is 5.22. The van der Waals surface area contributed by atoms with Crippen molar-refractivity contribution in [2.45, 2.75) is 32.4 Å². The van der Waals surface area contributed by atoms with E-state index in [4.69, 9.17) is 9.47 Å². The molecule has 2 atom stereocenters. The highest BCUT2D eigenvalue weighted by Crippen LogP contribution is 2.34. The maximum Gasteiger partial charge on any atom is 0.260 e. The van der Waals surface area contributed by atoms with E-state index in [-0.39, 0.29) is 30.4 Å². The molecule has 2 bridgehead atoms. The molecule has 3 heterocycles. The Bertz CT molecular complexity index is 861. The fourth-order valence-electron chi connectivity index (χ4n) is 3.83. The van der Waals surface area contributed by atoms with E-state index in [1.807, 2.05) is 11.0 Å². The van der Waals surface area contributed by atoms with Crippen LogP contribution < -0.4 is 14.4 Å². The second-order valence-electron chi connectivity index (χ2n) is 7.90. The van der Waals surface area contributed by atoms with Gasteiger partial charge < -0.3 is 19.3 Å². The zero-order valence-corrected chi connectivity index (χ0v) is 16.6. The van der Waals surface area contributed by atoms with Crippen molar-refractivity contribution in [3.05, 3.63) is 42.5 Å². The average molecular weight is 400 g/mol. The van der Waals surface area contributed by atoms with Gasteiger partial charge >= 0.3 is 0 Å². The topological polar surface area (TPSA) is 67.8 Å². The fourth-order valence-corrected chi connectivity index (χ4v) is 3.83. The summed E-state index contributed by atoms with van der Waals surface area (Å²) in [6.45, 7) is 6.12. The van der Waals surface area contributed by atoms with Crippen molar-refractivity contribution >= 4 is 11.7 Å². The Kier molecular flexibility index (Phi) is 5.51. The van der Waals surface area contributed by atoms with E-state index in [1.165, 1.54) is 30.6 Å². The van der Waals surface area contributed by atoms with Crippen molar-refractivity contribution in [1.82, 2.24) is 14.9 Å². The van der Waals surface area contributed by atoms with Crippen LogP contribution in [0.2, 0.25) is 0 Å². The fraction of sp³-hybridized carbons (Fsp3) is 0.476. The molecule has 0 saturated carbocycles. The summed E-state index contributed by atoms with van der Waals surface area (Å²) in [6.07, 6.45) is 2.44. The summed E-state index contributed by atoms with van der Waals surface area (Å²) in [7, 11) is 0. The van der Waals surface area contributed by atoms with Gasteiger partial charge in [-0.05, 0) is 36.6 Å². The van der Waals surface area contributed by atoms with Crippen LogP contribution in [0.4, 0.5) is 10.2 Å². The third kappa shape index (κ3) is 4.41. The van der Waals surface area contributed by atoms with Crippen LogP contribution in [0.25, 0.3) is 0 Å². The van der Waals surface area contributed by atoms with Crippen molar-refractivity contribution in [2.24, 2.45) is 5.92 Å². The number of benzene rings is 1. The van der Waals surface area contributed by atoms with Crippen molar-refractivity contribution in [3.63, 3.8) is 0 Å². The number of halogens is 1. The van der Waals surface area contributed by atoms with Crippen LogP contribution in [0, 0.1) is 11.7 Å². The summed E-state index contributed by atoms with van der Waals surface area (Å²) in [5.41, 5.74) is 0. The van der Waals surface area contributed by atoms with Crippen LogP contribution in [0.5, 0.6) is 11.6 Å². The molecule has 154 valence electrons. The number of fused-ring (bicyclic) bond motifs is 2. The van der Waals surface area contributed by atoms with E-state index in [0.717, 1.165) is 18.8 Å². The molecule has 0 spiro atoms. The Hall–Kier alpha value is -2.90.